The summed E-state index contributed by atoms with van der Waals surface area (Å²) in [7, 11) is 0. The molecule has 0 aliphatic rings. The van der Waals surface area contributed by atoms with Gasteiger partial charge in [0.1, 0.15) is 17.9 Å². The molecule has 140 valence electrons. The largest absolute Gasteiger partial charge is 0.449 e. The molecule has 3 rings (SSSR count). The number of benzene rings is 2. The van der Waals surface area contributed by atoms with Crippen LogP contribution in [0, 0.1) is 13.8 Å². The zero-order valence-corrected chi connectivity index (χ0v) is 15.6. The predicted molar refractivity (Wildman–Crippen MR) is 105 cm³/mol. The highest BCUT2D eigenvalue weighted by Crippen LogP contribution is 2.31. The number of ether oxygens (including phenoxy) is 1. The average Bonchev–Trinajstić information content (AvgIpc) is 3.02. The lowest BCUT2D eigenvalue weighted by atomic mass is 10.1. The van der Waals surface area contributed by atoms with E-state index in [1.165, 1.54) is 0 Å². The van der Waals surface area contributed by atoms with Crippen molar-refractivity contribution in [3.63, 3.8) is 0 Å². The lowest BCUT2D eigenvalue weighted by molar-refractivity contribution is -0.120. The lowest BCUT2D eigenvalue weighted by Gasteiger charge is -2.09. The van der Waals surface area contributed by atoms with Crippen molar-refractivity contribution in [1.29, 1.82) is 0 Å². The van der Waals surface area contributed by atoms with Gasteiger partial charge in [-0.3, -0.25) is 9.59 Å². The second-order valence-electron chi connectivity index (χ2n) is 6.24. The summed E-state index contributed by atoms with van der Waals surface area (Å²) in [5.74, 6) is -0.718. The molecule has 6 nitrogen and oxygen atoms in total. The van der Waals surface area contributed by atoms with Crippen molar-refractivity contribution in [2.75, 3.05) is 23.8 Å². The first-order valence-electron chi connectivity index (χ1n) is 8.77. The third kappa shape index (κ3) is 4.17. The van der Waals surface area contributed by atoms with Crippen LogP contribution >= 0.6 is 0 Å². The fourth-order valence-corrected chi connectivity index (χ4v) is 2.71. The maximum atomic E-state index is 12.8. The van der Waals surface area contributed by atoms with Gasteiger partial charge in [0, 0.05) is 17.7 Å². The number of carbonyl (C=O) groups is 2. The molecule has 0 fully saturated rings. The molecule has 0 radical (unpaired) electrons. The lowest BCUT2D eigenvalue weighted by Crippen LogP contribution is -2.20. The zero-order chi connectivity index (χ0) is 19.4. The van der Waals surface area contributed by atoms with Crippen LogP contribution in [0.3, 0.4) is 0 Å². The van der Waals surface area contributed by atoms with E-state index in [1.54, 1.807) is 12.1 Å². The molecule has 2 amide bonds. The number of furan rings is 1. The van der Waals surface area contributed by atoms with Crippen LogP contribution in [0.5, 0.6) is 0 Å². The van der Waals surface area contributed by atoms with Gasteiger partial charge in [-0.2, -0.15) is 0 Å². The van der Waals surface area contributed by atoms with Gasteiger partial charge in [0.05, 0.1) is 0 Å². The zero-order valence-electron chi connectivity index (χ0n) is 15.6. The summed E-state index contributed by atoms with van der Waals surface area (Å²) in [5.41, 5.74) is 3.74. The first-order chi connectivity index (χ1) is 13.0. The Morgan fingerprint density at radius 2 is 1.81 bits per heavy atom. The Labute approximate surface area is 157 Å². The van der Waals surface area contributed by atoms with E-state index < -0.39 is 5.91 Å². The number of hydrogen-bond donors (Lipinski definition) is 2. The summed E-state index contributed by atoms with van der Waals surface area (Å²) >= 11 is 0. The van der Waals surface area contributed by atoms with E-state index in [4.69, 9.17) is 9.15 Å². The van der Waals surface area contributed by atoms with E-state index >= 15 is 0 Å². The molecule has 0 aliphatic heterocycles. The second-order valence-corrected chi connectivity index (χ2v) is 6.24. The van der Waals surface area contributed by atoms with E-state index in [0.29, 0.717) is 29.0 Å². The Balaban J connectivity index is 1.92. The molecular weight excluding hydrogens is 344 g/mol. The van der Waals surface area contributed by atoms with Crippen LogP contribution in [0.15, 0.2) is 46.9 Å². The molecule has 27 heavy (non-hydrogen) atoms. The van der Waals surface area contributed by atoms with Crippen LogP contribution in [0.25, 0.3) is 11.0 Å². The fraction of sp³-hybridized carbons (Fsp3) is 0.238. The standard InChI is InChI=1S/C21H22N2O4/c1-4-26-12-18(24)23-19-16-7-5-6-8-17(16)27-20(19)21(25)22-15-10-9-13(2)14(3)11-15/h5-11H,4,12H2,1-3H3,(H,22,25)(H,23,24). The van der Waals surface area contributed by atoms with Gasteiger partial charge >= 0.3 is 0 Å². The van der Waals surface area contributed by atoms with Crippen molar-refractivity contribution in [2.24, 2.45) is 0 Å². The molecule has 0 spiro atoms. The monoisotopic (exact) mass is 366 g/mol. The number of para-hydroxylation sites is 1. The van der Waals surface area contributed by atoms with Crippen molar-refractivity contribution in [3.8, 4) is 0 Å². The van der Waals surface area contributed by atoms with Crippen molar-refractivity contribution in [3.05, 3.63) is 59.4 Å². The Morgan fingerprint density at radius 1 is 1.04 bits per heavy atom. The number of rotatable bonds is 6. The van der Waals surface area contributed by atoms with E-state index in [2.05, 4.69) is 10.6 Å². The maximum Gasteiger partial charge on any atom is 0.293 e. The first-order valence-corrected chi connectivity index (χ1v) is 8.77. The second kappa shape index (κ2) is 8.05. The van der Waals surface area contributed by atoms with Crippen LogP contribution in [-0.4, -0.2) is 25.0 Å². The van der Waals surface area contributed by atoms with E-state index in [-0.39, 0.29) is 18.3 Å². The quantitative estimate of drug-likeness (QED) is 0.682. The highest BCUT2D eigenvalue weighted by molar-refractivity contribution is 6.14. The minimum Gasteiger partial charge on any atom is -0.449 e. The molecule has 2 N–H and O–H groups in total. The predicted octanol–water partition coefficient (Wildman–Crippen LogP) is 4.28. The smallest absolute Gasteiger partial charge is 0.293 e. The van der Waals surface area contributed by atoms with E-state index in [0.717, 1.165) is 11.1 Å². The van der Waals surface area contributed by atoms with Gasteiger partial charge in [-0.25, -0.2) is 0 Å². The summed E-state index contributed by atoms with van der Waals surface area (Å²) in [6.45, 7) is 6.13. The Kier molecular flexibility index (Phi) is 5.57. The van der Waals surface area contributed by atoms with Crippen molar-refractivity contribution >= 4 is 34.2 Å². The van der Waals surface area contributed by atoms with Crippen LogP contribution in [0.1, 0.15) is 28.6 Å². The number of nitrogens with one attached hydrogen (secondary N) is 2. The van der Waals surface area contributed by atoms with Crippen molar-refractivity contribution in [1.82, 2.24) is 0 Å². The van der Waals surface area contributed by atoms with E-state index in [1.807, 2.05) is 51.1 Å². The summed E-state index contributed by atoms with van der Waals surface area (Å²) < 4.78 is 10.9. The molecule has 1 aromatic heterocycles. The number of anilines is 2. The molecule has 6 heteroatoms. The number of amides is 2. The van der Waals surface area contributed by atoms with Crippen LogP contribution in [-0.2, 0) is 9.53 Å². The van der Waals surface area contributed by atoms with Gasteiger partial charge in [0.2, 0.25) is 11.7 Å². The van der Waals surface area contributed by atoms with Gasteiger partial charge in [0.25, 0.3) is 5.91 Å². The normalized spacial score (nSPS) is 10.8. The number of fused-ring (bicyclic) bond motifs is 1. The van der Waals surface area contributed by atoms with Crippen LogP contribution < -0.4 is 10.6 Å². The first kappa shape index (κ1) is 18.7. The van der Waals surface area contributed by atoms with Crippen LogP contribution in [0.2, 0.25) is 0 Å². The third-order valence-electron chi connectivity index (χ3n) is 4.27. The Bertz CT molecular complexity index is 991. The molecule has 1 heterocycles. The van der Waals surface area contributed by atoms with Gasteiger partial charge in [-0.15, -0.1) is 0 Å². The number of aryl methyl sites for hydroxylation is 2. The summed E-state index contributed by atoms with van der Waals surface area (Å²) in [4.78, 5) is 24.9. The number of carbonyl (C=O) groups excluding carboxylic acids is 2. The summed E-state index contributed by atoms with van der Waals surface area (Å²) in [6, 6.07) is 12.8. The van der Waals surface area contributed by atoms with Crippen molar-refractivity contribution in [2.45, 2.75) is 20.8 Å². The highest BCUT2D eigenvalue weighted by Gasteiger charge is 2.22. The topological polar surface area (TPSA) is 80.6 Å². The SMILES string of the molecule is CCOCC(=O)Nc1c(C(=O)Nc2ccc(C)c(C)c2)oc2ccccc12. The molecule has 0 atom stereocenters. The van der Waals surface area contributed by atoms with Crippen LogP contribution in [0.4, 0.5) is 11.4 Å². The van der Waals surface area contributed by atoms with Gasteiger partial charge < -0.3 is 19.8 Å². The third-order valence-corrected chi connectivity index (χ3v) is 4.27. The minimum atomic E-state index is -0.429. The molecule has 3 aromatic rings. The fourth-order valence-electron chi connectivity index (χ4n) is 2.71. The highest BCUT2D eigenvalue weighted by atomic mass is 16.5. The molecule has 0 saturated heterocycles. The van der Waals surface area contributed by atoms with Gasteiger partial charge in [0.15, 0.2) is 0 Å². The molecule has 2 aromatic carbocycles. The minimum absolute atomic E-state index is 0.0549. The average molecular weight is 366 g/mol. The molecule has 0 saturated carbocycles. The summed E-state index contributed by atoms with van der Waals surface area (Å²) in [5, 5.41) is 6.23. The number of hydrogen-bond acceptors (Lipinski definition) is 4. The Morgan fingerprint density at radius 3 is 2.56 bits per heavy atom. The molecule has 0 unspecified atom stereocenters. The van der Waals surface area contributed by atoms with Gasteiger partial charge in [-0.05, 0) is 56.2 Å². The van der Waals surface area contributed by atoms with Gasteiger partial charge in [-0.1, -0.05) is 18.2 Å². The van der Waals surface area contributed by atoms with Crippen molar-refractivity contribution < 1.29 is 18.7 Å². The molecule has 0 bridgehead atoms. The van der Waals surface area contributed by atoms with E-state index in [9.17, 15) is 9.59 Å². The molecular formula is C21H22N2O4. The maximum absolute atomic E-state index is 12.8. The summed E-state index contributed by atoms with van der Waals surface area (Å²) in [6.07, 6.45) is 0. The molecule has 0 aliphatic carbocycles. The Hall–Kier alpha value is -3.12.